The van der Waals surface area contributed by atoms with E-state index >= 15 is 0 Å². The van der Waals surface area contributed by atoms with Gasteiger partial charge >= 0.3 is 0 Å². The number of hydrogen-bond acceptors (Lipinski definition) is 4. The smallest absolute Gasteiger partial charge is 0.244 e. The summed E-state index contributed by atoms with van der Waals surface area (Å²) < 4.78 is 25.3. The lowest BCUT2D eigenvalue weighted by molar-refractivity contribution is 0.521. The van der Waals surface area contributed by atoms with Gasteiger partial charge in [0.2, 0.25) is 10.0 Å². The van der Waals surface area contributed by atoms with Gasteiger partial charge in [-0.3, -0.25) is 0 Å². The van der Waals surface area contributed by atoms with Crippen LogP contribution in [-0.2, 0) is 10.0 Å². The highest BCUT2D eigenvalue weighted by Gasteiger charge is 2.21. The standard InChI is InChI=1S/C12H21N3O2S/c1-5-9(2)14-10-7-6-8-11(12(10)13)18(16,17)15(3)4/h6-9,14H,5,13H2,1-4H3. The summed E-state index contributed by atoms with van der Waals surface area (Å²) in [5.41, 5.74) is 6.87. The van der Waals surface area contributed by atoms with Gasteiger partial charge in [0, 0.05) is 20.1 Å². The maximum Gasteiger partial charge on any atom is 0.244 e. The van der Waals surface area contributed by atoms with Gasteiger partial charge in [0.1, 0.15) is 4.90 Å². The van der Waals surface area contributed by atoms with E-state index in [0.29, 0.717) is 5.69 Å². The predicted molar refractivity (Wildman–Crippen MR) is 75.1 cm³/mol. The first-order chi connectivity index (χ1) is 8.30. The van der Waals surface area contributed by atoms with Crippen LogP contribution in [0, 0.1) is 0 Å². The van der Waals surface area contributed by atoms with E-state index in [1.54, 1.807) is 12.1 Å². The third-order valence-corrected chi connectivity index (χ3v) is 4.71. The number of hydrogen-bond donors (Lipinski definition) is 2. The van der Waals surface area contributed by atoms with E-state index in [0.717, 1.165) is 10.7 Å². The lowest BCUT2D eigenvalue weighted by Crippen LogP contribution is -2.24. The van der Waals surface area contributed by atoms with Gasteiger partial charge in [0.15, 0.2) is 0 Å². The molecule has 3 N–H and O–H groups in total. The Kier molecular flexibility index (Phi) is 4.59. The van der Waals surface area contributed by atoms with E-state index < -0.39 is 10.0 Å². The second kappa shape index (κ2) is 5.58. The average Bonchev–Trinajstić information content (AvgIpc) is 2.31. The molecular formula is C12H21N3O2S. The number of rotatable bonds is 5. The second-order valence-electron chi connectivity index (χ2n) is 4.46. The van der Waals surface area contributed by atoms with Crippen molar-refractivity contribution in [2.75, 3.05) is 25.1 Å². The van der Waals surface area contributed by atoms with Crippen molar-refractivity contribution in [3.8, 4) is 0 Å². The fraction of sp³-hybridized carbons (Fsp3) is 0.500. The molecule has 0 aromatic heterocycles. The minimum absolute atomic E-state index is 0.140. The van der Waals surface area contributed by atoms with Crippen molar-refractivity contribution in [2.45, 2.75) is 31.2 Å². The lowest BCUT2D eigenvalue weighted by Gasteiger charge is -2.18. The highest BCUT2D eigenvalue weighted by Crippen LogP contribution is 2.28. The Morgan fingerprint density at radius 3 is 2.50 bits per heavy atom. The SMILES string of the molecule is CCC(C)Nc1cccc(S(=O)(=O)N(C)C)c1N. The van der Waals surface area contributed by atoms with Crippen molar-refractivity contribution in [3.05, 3.63) is 18.2 Å². The maximum absolute atomic E-state index is 12.1. The fourth-order valence-electron chi connectivity index (χ4n) is 1.46. The fourth-order valence-corrected chi connectivity index (χ4v) is 2.49. The molecule has 0 aliphatic heterocycles. The van der Waals surface area contributed by atoms with Gasteiger partial charge in [-0.05, 0) is 25.5 Å². The molecule has 0 saturated heterocycles. The van der Waals surface area contributed by atoms with E-state index in [4.69, 9.17) is 5.73 Å². The molecule has 0 amide bonds. The topological polar surface area (TPSA) is 75.4 Å². The van der Waals surface area contributed by atoms with Gasteiger partial charge in [-0.2, -0.15) is 0 Å². The van der Waals surface area contributed by atoms with Gasteiger partial charge < -0.3 is 11.1 Å². The maximum atomic E-state index is 12.1. The summed E-state index contributed by atoms with van der Waals surface area (Å²) in [5.74, 6) is 0. The van der Waals surface area contributed by atoms with E-state index in [1.807, 2.05) is 13.8 Å². The van der Waals surface area contributed by atoms with Crippen molar-refractivity contribution < 1.29 is 8.42 Å². The number of nitrogens with one attached hydrogen (secondary N) is 1. The summed E-state index contributed by atoms with van der Waals surface area (Å²) in [5, 5.41) is 3.20. The van der Waals surface area contributed by atoms with Crippen LogP contribution in [0.5, 0.6) is 0 Å². The number of para-hydroxylation sites is 1. The number of anilines is 2. The molecule has 1 atom stereocenters. The van der Waals surface area contributed by atoms with Crippen LogP contribution in [0.4, 0.5) is 11.4 Å². The number of benzene rings is 1. The quantitative estimate of drug-likeness (QED) is 0.800. The van der Waals surface area contributed by atoms with Gasteiger partial charge in [-0.1, -0.05) is 13.0 Å². The summed E-state index contributed by atoms with van der Waals surface area (Å²) in [6.45, 7) is 4.07. The Morgan fingerprint density at radius 1 is 1.39 bits per heavy atom. The summed E-state index contributed by atoms with van der Waals surface area (Å²) in [7, 11) is -0.525. The molecule has 0 saturated carbocycles. The summed E-state index contributed by atoms with van der Waals surface area (Å²) in [4.78, 5) is 0.140. The van der Waals surface area contributed by atoms with Gasteiger partial charge in [0.25, 0.3) is 0 Å². The predicted octanol–water partition coefficient (Wildman–Crippen LogP) is 1.73. The highest BCUT2D eigenvalue weighted by atomic mass is 32.2. The zero-order valence-electron chi connectivity index (χ0n) is 11.3. The van der Waals surface area contributed by atoms with Crippen LogP contribution in [0.2, 0.25) is 0 Å². The Balaban J connectivity index is 3.22. The van der Waals surface area contributed by atoms with E-state index in [9.17, 15) is 8.42 Å². The van der Waals surface area contributed by atoms with Crippen molar-refractivity contribution in [2.24, 2.45) is 0 Å². The largest absolute Gasteiger partial charge is 0.396 e. The van der Waals surface area contributed by atoms with Crippen LogP contribution in [0.1, 0.15) is 20.3 Å². The van der Waals surface area contributed by atoms with Crippen molar-refractivity contribution in [1.29, 1.82) is 0 Å². The first-order valence-electron chi connectivity index (χ1n) is 5.88. The molecule has 18 heavy (non-hydrogen) atoms. The van der Waals surface area contributed by atoms with Crippen LogP contribution in [0.3, 0.4) is 0 Å². The van der Waals surface area contributed by atoms with Crippen molar-refractivity contribution in [1.82, 2.24) is 4.31 Å². The number of nitrogen functional groups attached to an aromatic ring is 1. The molecule has 0 fully saturated rings. The van der Waals surface area contributed by atoms with Crippen LogP contribution in [0.15, 0.2) is 23.1 Å². The number of nitrogens with zero attached hydrogens (tertiary/aromatic N) is 1. The highest BCUT2D eigenvalue weighted by molar-refractivity contribution is 7.89. The van der Waals surface area contributed by atoms with E-state index in [1.165, 1.54) is 20.2 Å². The monoisotopic (exact) mass is 271 g/mol. The van der Waals surface area contributed by atoms with Crippen molar-refractivity contribution >= 4 is 21.4 Å². The average molecular weight is 271 g/mol. The Bertz CT molecular complexity index is 512. The molecule has 1 aromatic rings. The Hall–Kier alpha value is -1.27. The summed E-state index contributed by atoms with van der Waals surface area (Å²) in [6.07, 6.45) is 0.935. The minimum Gasteiger partial charge on any atom is -0.396 e. The molecule has 5 nitrogen and oxygen atoms in total. The van der Waals surface area contributed by atoms with Gasteiger partial charge in [-0.15, -0.1) is 0 Å². The molecule has 1 rings (SSSR count). The van der Waals surface area contributed by atoms with Gasteiger partial charge in [0.05, 0.1) is 11.4 Å². The zero-order chi connectivity index (χ0) is 13.9. The summed E-state index contributed by atoms with van der Waals surface area (Å²) in [6, 6.07) is 5.24. The molecule has 0 bridgehead atoms. The molecule has 0 radical (unpaired) electrons. The van der Waals surface area contributed by atoms with E-state index in [-0.39, 0.29) is 16.6 Å². The molecule has 102 valence electrons. The molecule has 1 unspecified atom stereocenters. The molecule has 0 aliphatic carbocycles. The molecule has 1 aromatic carbocycles. The third kappa shape index (κ3) is 2.94. The Labute approximate surface area is 109 Å². The molecule has 6 heteroatoms. The molecular weight excluding hydrogens is 250 g/mol. The van der Waals surface area contributed by atoms with E-state index in [2.05, 4.69) is 5.32 Å². The van der Waals surface area contributed by atoms with Crippen LogP contribution in [-0.4, -0.2) is 32.9 Å². The minimum atomic E-state index is -3.50. The van der Waals surface area contributed by atoms with Crippen LogP contribution < -0.4 is 11.1 Å². The first kappa shape index (κ1) is 14.8. The van der Waals surface area contributed by atoms with Gasteiger partial charge in [-0.25, -0.2) is 12.7 Å². The summed E-state index contributed by atoms with van der Waals surface area (Å²) >= 11 is 0. The van der Waals surface area contributed by atoms with Crippen LogP contribution in [0.25, 0.3) is 0 Å². The van der Waals surface area contributed by atoms with Crippen LogP contribution >= 0.6 is 0 Å². The Morgan fingerprint density at radius 2 is 2.00 bits per heavy atom. The first-order valence-corrected chi connectivity index (χ1v) is 7.32. The lowest BCUT2D eigenvalue weighted by atomic mass is 10.2. The zero-order valence-corrected chi connectivity index (χ0v) is 12.1. The molecule has 0 heterocycles. The molecule has 0 spiro atoms. The second-order valence-corrected chi connectivity index (χ2v) is 6.58. The number of nitrogens with two attached hydrogens (primary N) is 1. The van der Waals surface area contributed by atoms with Crippen molar-refractivity contribution in [3.63, 3.8) is 0 Å². The molecule has 0 aliphatic rings. The third-order valence-electron chi connectivity index (χ3n) is 2.84. The normalized spacial score (nSPS) is 13.6. The number of sulfonamides is 1.